The van der Waals surface area contributed by atoms with Crippen molar-refractivity contribution in [3.63, 3.8) is 0 Å². The molecule has 2 N–H and O–H groups in total. The molecule has 0 saturated carbocycles. The highest BCUT2D eigenvalue weighted by molar-refractivity contribution is 7.99. The molecule has 0 saturated heterocycles. The number of hydrogen-bond donors (Lipinski definition) is 2. The number of aromatic nitrogens is 6. The number of nitrogens with one attached hydrogen (secondary N) is 2. The van der Waals surface area contributed by atoms with E-state index >= 15 is 0 Å². The summed E-state index contributed by atoms with van der Waals surface area (Å²) in [4.78, 5) is 25.0. The lowest BCUT2D eigenvalue weighted by molar-refractivity contribution is -0.117. The summed E-state index contributed by atoms with van der Waals surface area (Å²) in [6, 6.07) is 23.9. The highest BCUT2D eigenvalue weighted by Crippen LogP contribution is 2.32. The van der Waals surface area contributed by atoms with Gasteiger partial charge in [0.1, 0.15) is 11.4 Å². The predicted molar refractivity (Wildman–Crippen MR) is 174 cm³/mol. The third kappa shape index (κ3) is 8.31. The van der Waals surface area contributed by atoms with Crippen LogP contribution in [0.4, 0.5) is 10.5 Å². The second-order valence-corrected chi connectivity index (χ2v) is 11.3. The Hall–Kier alpha value is -5.07. The van der Waals surface area contributed by atoms with Gasteiger partial charge in [0.2, 0.25) is 5.91 Å². The van der Waals surface area contributed by atoms with Gasteiger partial charge in [-0.05, 0) is 76.2 Å². The Bertz CT molecular complexity index is 1780. The van der Waals surface area contributed by atoms with Crippen LogP contribution in [0.3, 0.4) is 0 Å². The standard InChI is InChI=1S/C32H29ClN8O3S/c1-3-45-31-26(22-9-13-25(14-10-22)35-32(43)44-2)19-28(37-38-31)27(17-21-7-5-4-6-8-21)36-30(42)16-11-23-18-24(33)12-15-29(23)41-20-34-39-40-41/h4-16,18-20,27H,3,17H2,1-2H3,(H,35,43)(H,36,42)/b16-11+. The van der Waals surface area contributed by atoms with Gasteiger partial charge >= 0.3 is 6.09 Å². The van der Waals surface area contributed by atoms with Crippen molar-refractivity contribution < 1.29 is 14.3 Å². The van der Waals surface area contributed by atoms with Gasteiger partial charge in [-0.3, -0.25) is 10.1 Å². The van der Waals surface area contributed by atoms with E-state index in [1.165, 1.54) is 24.2 Å². The molecule has 0 aliphatic heterocycles. The number of halogens is 1. The molecule has 0 aliphatic carbocycles. The molecule has 11 nitrogen and oxygen atoms in total. The molecule has 1 atom stereocenters. The first-order valence-corrected chi connectivity index (χ1v) is 15.3. The van der Waals surface area contributed by atoms with Crippen LogP contribution in [0.5, 0.6) is 0 Å². The predicted octanol–water partition coefficient (Wildman–Crippen LogP) is 6.18. The summed E-state index contributed by atoms with van der Waals surface area (Å²) in [6.45, 7) is 2.04. The number of nitrogens with zero attached hydrogens (tertiary/aromatic N) is 6. The van der Waals surface area contributed by atoms with E-state index < -0.39 is 12.1 Å². The Labute approximate surface area is 269 Å². The van der Waals surface area contributed by atoms with Crippen LogP contribution in [-0.2, 0) is 16.0 Å². The number of carbonyl (C=O) groups is 2. The van der Waals surface area contributed by atoms with E-state index in [0.29, 0.717) is 34.1 Å². The molecule has 45 heavy (non-hydrogen) atoms. The lowest BCUT2D eigenvalue weighted by atomic mass is 10.00. The number of benzene rings is 3. The molecule has 2 heterocycles. The Balaban J connectivity index is 1.45. The van der Waals surface area contributed by atoms with Crippen LogP contribution in [-0.4, -0.2) is 55.3 Å². The lowest BCUT2D eigenvalue weighted by Crippen LogP contribution is -2.29. The van der Waals surface area contributed by atoms with E-state index in [4.69, 9.17) is 11.6 Å². The summed E-state index contributed by atoms with van der Waals surface area (Å²) in [5.74, 6) is 0.473. The molecule has 5 rings (SSSR count). The van der Waals surface area contributed by atoms with E-state index in [-0.39, 0.29) is 5.91 Å². The first kappa shape index (κ1) is 31.4. The van der Waals surface area contributed by atoms with Crippen LogP contribution in [0.15, 0.2) is 96.3 Å². The molecular weight excluding hydrogens is 612 g/mol. The number of rotatable bonds is 11. The summed E-state index contributed by atoms with van der Waals surface area (Å²) in [6.07, 6.45) is 4.52. The molecule has 2 amide bonds. The highest BCUT2D eigenvalue weighted by Gasteiger charge is 2.20. The van der Waals surface area contributed by atoms with Gasteiger partial charge in [-0.1, -0.05) is 61.0 Å². The van der Waals surface area contributed by atoms with E-state index in [1.54, 1.807) is 48.2 Å². The molecule has 3 aromatic carbocycles. The molecule has 13 heteroatoms. The Kier molecular flexibility index (Phi) is 10.5. The average molecular weight is 641 g/mol. The van der Waals surface area contributed by atoms with E-state index in [0.717, 1.165) is 27.5 Å². The normalized spacial score (nSPS) is 11.7. The van der Waals surface area contributed by atoms with Gasteiger partial charge in [0.25, 0.3) is 0 Å². The summed E-state index contributed by atoms with van der Waals surface area (Å²) >= 11 is 7.82. The van der Waals surface area contributed by atoms with Crippen molar-refractivity contribution >= 4 is 47.1 Å². The lowest BCUT2D eigenvalue weighted by Gasteiger charge is -2.19. The SMILES string of the molecule is CCSc1nnc(C(Cc2ccccc2)NC(=O)/C=C/c2cc(Cl)ccc2-n2cnnn2)cc1-c1ccc(NC(=O)OC)cc1. The first-order valence-electron chi connectivity index (χ1n) is 13.9. The smallest absolute Gasteiger partial charge is 0.411 e. The monoisotopic (exact) mass is 640 g/mol. The largest absolute Gasteiger partial charge is 0.453 e. The number of tetrazole rings is 1. The van der Waals surface area contributed by atoms with Crippen LogP contribution >= 0.6 is 23.4 Å². The van der Waals surface area contributed by atoms with E-state index in [9.17, 15) is 9.59 Å². The molecule has 0 fully saturated rings. The third-order valence-electron chi connectivity index (χ3n) is 6.64. The van der Waals surface area contributed by atoms with Gasteiger partial charge in [0, 0.05) is 27.9 Å². The van der Waals surface area contributed by atoms with Gasteiger partial charge in [-0.15, -0.1) is 22.0 Å². The summed E-state index contributed by atoms with van der Waals surface area (Å²) in [5.41, 5.74) is 5.31. The van der Waals surface area contributed by atoms with Crippen molar-refractivity contribution in [2.75, 3.05) is 18.2 Å². The second kappa shape index (κ2) is 15.1. The number of anilines is 1. The Morgan fingerprint density at radius 3 is 2.56 bits per heavy atom. The van der Waals surface area contributed by atoms with Crippen LogP contribution < -0.4 is 10.6 Å². The maximum absolute atomic E-state index is 13.4. The quantitative estimate of drug-likeness (QED) is 0.128. The second-order valence-electron chi connectivity index (χ2n) is 9.66. The van der Waals surface area contributed by atoms with Crippen molar-refractivity contribution in [1.29, 1.82) is 0 Å². The van der Waals surface area contributed by atoms with Crippen molar-refractivity contribution in [3.8, 4) is 16.8 Å². The van der Waals surface area contributed by atoms with E-state index in [1.807, 2.05) is 55.5 Å². The van der Waals surface area contributed by atoms with Crippen LogP contribution in [0.25, 0.3) is 22.9 Å². The van der Waals surface area contributed by atoms with Crippen molar-refractivity contribution in [1.82, 2.24) is 35.7 Å². The molecule has 0 radical (unpaired) electrons. The minimum atomic E-state index is -0.548. The average Bonchev–Trinajstić information content (AvgIpc) is 3.60. The van der Waals surface area contributed by atoms with E-state index in [2.05, 4.69) is 41.1 Å². The fraction of sp³-hybridized carbons (Fsp3) is 0.156. The number of carbonyl (C=O) groups excluding carboxylic acids is 2. The van der Waals surface area contributed by atoms with Gasteiger partial charge in [0.05, 0.1) is 24.5 Å². The number of methoxy groups -OCH3 is 1. The maximum Gasteiger partial charge on any atom is 0.411 e. The molecule has 2 aromatic heterocycles. The Morgan fingerprint density at radius 1 is 1.04 bits per heavy atom. The number of ether oxygens (including phenoxy) is 1. The van der Waals surface area contributed by atoms with Gasteiger partial charge in [0.15, 0.2) is 0 Å². The zero-order chi connectivity index (χ0) is 31.6. The highest BCUT2D eigenvalue weighted by atomic mass is 35.5. The molecule has 5 aromatic rings. The van der Waals surface area contributed by atoms with Crippen LogP contribution in [0.2, 0.25) is 5.02 Å². The molecular formula is C32H29ClN8O3S. The zero-order valence-electron chi connectivity index (χ0n) is 24.4. The summed E-state index contributed by atoms with van der Waals surface area (Å²) in [7, 11) is 1.31. The van der Waals surface area contributed by atoms with Crippen molar-refractivity contribution in [2.24, 2.45) is 0 Å². The van der Waals surface area contributed by atoms with Crippen molar-refractivity contribution in [3.05, 3.63) is 113 Å². The van der Waals surface area contributed by atoms with Crippen LogP contribution in [0, 0.1) is 0 Å². The minimum Gasteiger partial charge on any atom is -0.453 e. The number of hydrogen-bond acceptors (Lipinski definition) is 9. The number of thioether (sulfide) groups is 1. The fourth-order valence-corrected chi connectivity index (χ4v) is 5.41. The minimum absolute atomic E-state index is 0.327. The van der Waals surface area contributed by atoms with Crippen LogP contribution in [0.1, 0.15) is 29.8 Å². The summed E-state index contributed by atoms with van der Waals surface area (Å²) < 4.78 is 6.18. The first-order chi connectivity index (χ1) is 21.9. The molecule has 0 bridgehead atoms. The number of amides is 2. The van der Waals surface area contributed by atoms with Crippen molar-refractivity contribution in [2.45, 2.75) is 24.4 Å². The molecule has 0 aliphatic rings. The fourth-order valence-electron chi connectivity index (χ4n) is 4.52. The third-order valence-corrected chi connectivity index (χ3v) is 7.74. The molecule has 228 valence electrons. The maximum atomic E-state index is 13.4. The Morgan fingerprint density at radius 2 is 1.84 bits per heavy atom. The van der Waals surface area contributed by atoms with Gasteiger partial charge < -0.3 is 10.1 Å². The van der Waals surface area contributed by atoms with Gasteiger partial charge in [-0.2, -0.15) is 9.78 Å². The molecule has 1 unspecified atom stereocenters. The van der Waals surface area contributed by atoms with Gasteiger partial charge in [-0.25, -0.2) is 4.79 Å². The topological polar surface area (TPSA) is 137 Å². The summed E-state index contributed by atoms with van der Waals surface area (Å²) in [5, 5.41) is 27.5. The zero-order valence-corrected chi connectivity index (χ0v) is 26.0. The molecule has 0 spiro atoms.